The van der Waals surface area contributed by atoms with Crippen LogP contribution in [0.3, 0.4) is 0 Å². The molecule has 0 unspecified atom stereocenters. The number of rotatable bonds is 4. The monoisotopic (exact) mass is 275 g/mol. The molecule has 0 radical (unpaired) electrons. The molecule has 1 aromatic heterocycles. The second-order valence-electron chi connectivity index (χ2n) is 3.40. The molecule has 1 amide bonds. The van der Waals surface area contributed by atoms with Crippen molar-refractivity contribution in [1.82, 2.24) is 5.32 Å². The van der Waals surface area contributed by atoms with Crippen molar-refractivity contribution in [1.29, 1.82) is 0 Å². The topological polar surface area (TPSA) is 29.1 Å². The molecule has 4 heteroatoms. The van der Waals surface area contributed by atoms with Gasteiger partial charge in [0.25, 0.3) is 0 Å². The fraction of sp³-hybridized carbons (Fsp3) is 0.500. The lowest BCUT2D eigenvalue weighted by molar-refractivity contribution is -0.123. The molecule has 78 valence electrons. The lowest BCUT2D eigenvalue weighted by Gasteiger charge is -2.05. The highest BCUT2D eigenvalue weighted by molar-refractivity contribution is 9.11. The van der Waals surface area contributed by atoms with Gasteiger partial charge < -0.3 is 5.32 Å². The molecule has 1 rings (SSSR count). The Morgan fingerprint density at radius 3 is 2.79 bits per heavy atom. The van der Waals surface area contributed by atoms with Crippen LogP contribution in [0.5, 0.6) is 0 Å². The molecule has 14 heavy (non-hydrogen) atoms. The molecule has 0 bridgehead atoms. The summed E-state index contributed by atoms with van der Waals surface area (Å²) in [7, 11) is 0. The molecule has 0 fully saturated rings. The first-order valence-corrected chi connectivity index (χ1v) is 6.22. The van der Waals surface area contributed by atoms with Crippen molar-refractivity contribution in [2.45, 2.75) is 20.3 Å². The highest BCUT2D eigenvalue weighted by Gasteiger charge is 2.05. The highest BCUT2D eigenvalue weighted by Crippen LogP contribution is 2.21. The van der Waals surface area contributed by atoms with E-state index in [0.29, 0.717) is 0 Å². The summed E-state index contributed by atoms with van der Waals surface area (Å²) in [5, 5.41) is 2.89. The largest absolute Gasteiger partial charge is 0.356 e. The first kappa shape index (κ1) is 11.7. The molecule has 0 aliphatic carbocycles. The minimum absolute atomic E-state index is 0.0741. The molecule has 0 spiro atoms. The maximum Gasteiger partial charge on any atom is 0.222 e. The van der Waals surface area contributed by atoms with Gasteiger partial charge in [-0.2, -0.15) is 0 Å². The van der Waals surface area contributed by atoms with Crippen LogP contribution in [0.1, 0.15) is 18.7 Å². The molecule has 1 N–H and O–H groups in total. The summed E-state index contributed by atoms with van der Waals surface area (Å²) < 4.78 is 1.14. The maximum atomic E-state index is 11.2. The van der Waals surface area contributed by atoms with Crippen molar-refractivity contribution in [3.63, 3.8) is 0 Å². The van der Waals surface area contributed by atoms with Gasteiger partial charge in [-0.1, -0.05) is 13.8 Å². The van der Waals surface area contributed by atoms with E-state index in [1.807, 2.05) is 19.9 Å². The van der Waals surface area contributed by atoms with Gasteiger partial charge in [0.15, 0.2) is 0 Å². The Labute approximate surface area is 96.8 Å². The van der Waals surface area contributed by atoms with Crippen LogP contribution in [0.4, 0.5) is 0 Å². The van der Waals surface area contributed by atoms with Crippen molar-refractivity contribution >= 4 is 33.2 Å². The summed E-state index contributed by atoms with van der Waals surface area (Å²) in [5.74, 6) is 0.200. The van der Waals surface area contributed by atoms with Gasteiger partial charge in [0.05, 0.1) is 3.79 Å². The third-order valence-electron chi connectivity index (χ3n) is 1.82. The lowest BCUT2D eigenvalue weighted by atomic mass is 10.2. The highest BCUT2D eigenvalue weighted by atomic mass is 79.9. The molecule has 0 saturated heterocycles. The third kappa shape index (κ3) is 3.80. The summed E-state index contributed by atoms with van der Waals surface area (Å²) in [4.78, 5) is 12.5. The predicted octanol–water partition coefficient (Wildman–Crippen LogP) is 2.83. The number of thiophene rings is 1. The van der Waals surface area contributed by atoms with E-state index in [2.05, 4.69) is 27.3 Å². The number of hydrogen-bond acceptors (Lipinski definition) is 2. The molecule has 0 aliphatic rings. The number of carbonyl (C=O) groups excluding carboxylic acids is 1. The van der Waals surface area contributed by atoms with E-state index >= 15 is 0 Å². The first-order valence-electron chi connectivity index (χ1n) is 4.61. The molecule has 2 nitrogen and oxygen atoms in total. The van der Waals surface area contributed by atoms with E-state index in [0.717, 1.165) is 16.8 Å². The normalized spacial score (nSPS) is 10.6. The zero-order valence-electron chi connectivity index (χ0n) is 8.34. The molecular weight excluding hydrogens is 262 g/mol. The van der Waals surface area contributed by atoms with Crippen molar-refractivity contribution in [2.75, 3.05) is 6.54 Å². The molecular formula is C10H14BrNOS. The van der Waals surface area contributed by atoms with Crippen LogP contribution in [0.2, 0.25) is 0 Å². The SMILES string of the molecule is CC(C)C(=O)NCCc1ccc(Br)s1. The van der Waals surface area contributed by atoms with E-state index < -0.39 is 0 Å². The van der Waals surface area contributed by atoms with Gasteiger partial charge in [0, 0.05) is 17.3 Å². The van der Waals surface area contributed by atoms with Crippen LogP contribution in [-0.4, -0.2) is 12.5 Å². The van der Waals surface area contributed by atoms with E-state index in [1.165, 1.54) is 4.88 Å². The van der Waals surface area contributed by atoms with Gasteiger partial charge >= 0.3 is 0 Å². The minimum Gasteiger partial charge on any atom is -0.356 e. The van der Waals surface area contributed by atoms with Gasteiger partial charge in [0.1, 0.15) is 0 Å². The van der Waals surface area contributed by atoms with E-state index in [4.69, 9.17) is 0 Å². The lowest BCUT2D eigenvalue weighted by Crippen LogP contribution is -2.29. The van der Waals surface area contributed by atoms with Crippen LogP contribution < -0.4 is 5.32 Å². The Kier molecular flexibility index (Phi) is 4.62. The van der Waals surface area contributed by atoms with Crippen LogP contribution in [-0.2, 0) is 11.2 Å². The van der Waals surface area contributed by atoms with Crippen LogP contribution in [0, 0.1) is 5.92 Å². The molecule has 0 aliphatic heterocycles. The summed E-state index contributed by atoms with van der Waals surface area (Å²) in [6, 6.07) is 4.11. The molecule has 1 heterocycles. The van der Waals surface area contributed by atoms with E-state index in [9.17, 15) is 4.79 Å². The summed E-state index contributed by atoms with van der Waals surface area (Å²) >= 11 is 5.12. The number of hydrogen-bond donors (Lipinski definition) is 1. The Morgan fingerprint density at radius 2 is 2.29 bits per heavy atom. The second-order valence-corrected chi connectivity index (χ2v) is 5.95. The first-order chi connectivity index (χ1) is 6.59. The van der Waals surface area contributed by atoms with Crippen molar-refractivity contribution < 1.29 is 4.79 Å². The predicted molar refractivity (Wildman–Crippen MR) is 63.6 cm³/mol. The number of halogens is 1. The molecule has 1 aromatic rings. The van der Waals surface area contributed by atoms with E-state index in [-0.39, 0.29) is 11.8 Å². The van der Waals surface area contributed by atoms with Crippen molar-refractivity contribution in [3.8, 4) is 0 Å². The smallest absolute Gasteiger partial charge is 0.222 e. The second kappa shape index (κ2) is 5.51. The van der Waals surface area contributed by atoms with Crippen LogP contribution in [0.25, 0.3) is 0 Å². The Balaban J connectivity index is 2.25. The van der Waals surface area contributed by atoms with Gasteiger partial charge in [0.2, 0.25) is 5.91 Å². The summed E-state index contributed by atoms with van der Waals surface area (Å²) in [5.41, 5.74) is 0. The van der Waals surface area contributed by atoms with Gasteiger partial charge in [-0.15, -0.1) is 11.3 Å². The van der Waals surface area contributed by atoms with Crippen molar-refractivity contribution in [2.24, 2.45) is 5.92 Å². The fourth-order valence-corrected chi connectivity index (χ4v) is 2.48. The molecule has 0 saturated carbocycles. The maximum absolute atomic E-state index is 11.2. The van der Waals surface area contributed by atoms with Gasteiger partial charge in [-0.05, 0) is 34.5 Å². The van der Waals surface area contributed by atoms with Gasteiger partial charge in [-0.3, -0.25) is 4.79 Å². The molecule has 0 aromatic carbocycles. The Hall–Kier alpha value is -0.350. The minimum atomic E-state index is 0.0741. The number of amides is 1. The average Bonchev–Trinajstić information content (AvgIpc) is 2.51. The van der Waals surface area contributed by atoms with Crippen molar-refractivity contribution in [3.05, 3.63) is 20.8 Å². The zero-order valence-corrected chi connectivity index (χ0v) is 10.7. The standard InChI is InChI=1S/C10H14BrNOS/c1-7(2)10(13)12-6-5-8-3-4-9(11)14-8/h3-4,7H,5-6H2,1-2H3,(H,12,13). The average molecular weight is 276 g/mol. The summed E-state index contributed by atoms with van der Waals surface area (Å²) in [6.07, 6.45) is 0.911. The van der Waals surface area contributed by atoms with Crippen LogP contribution in [0.15, 0.2) is 15.9 Å². The number of nitrogens with one attached hydrogen (secondary N) is 1. The fourth-order valence-electron chi connectivity index (χ4n) is 0.999. The third-order valence-corrected chi connectivity index (χ3v) is 3.51. The Morgan fingerprint density at radius 1 is 1.57 bits per heavy atom. The Bertz CT molecular complexity index is 309. The van der Waals surface area contributed by atoms with Crippen LogP contribution >= 0.6 is 27.3 Å². The quantitative estimate of drug-likeness (QED) is 0.900. The zero-order chi connectivity index (χ0) is 10.6. The molecule has 0 atom stereocenters. The van der Waals surface area contributed by atoms with Gasteiger partial charge in [-0.25, -0.2) is 0 Å². The van der Waals surface area contributed by atoms with E-state index in [1.54, 1.807) is 11.3 Å². The number of carbonyl (C=O) groups is 1. The summed E-state index contributed by atoms with van der Waals surface area (Å²) in [6.45, 7) is 4.53.